The summed E-state index contributed by atoms with van der Waals surface area (Å²) in [7, 11) is 0. The fraction of sp³-hybridized carbons (Fsp3) is 0.114. The predicted molar refractivity (Wildman–Crippen MR) is 297 cm³/mol. The number of anilines is 2. The third-order valence-corrected chi connectivity index (χ3v) is 16.7. The first-order chi connectivity index (χ1) is 35.0. The SMILES string of the molecule is CC1(C)C2=CC(c3ccc(N(C4=CC=C(c5ccc(-c6ccccc6)cc5)CC4)c4ccc5c(c4)C4(c6ccccc6-c6ccccc64)c4cccc(-c6ccccc6)c4-5)cc3)=CCC2c2ccccc21. The molecule has 0 aliphatic heterocycles. The Kier molecular flexibility index (Phi) is 9.49. The van der Waals surface area contributed by atoms with E-state index in [0.29, 0.717) is 5.92 Å². The van der Waals surface area contributed by atoms with E-state index >= 15 is 0 Å². The van der Waals surface area contributed by atoms with Crippen molar-refractivity contribution >= 4 is 22.5 Å². The molecule has 1 spiro atoms. The van der Waals surface area contributed by atoms with Crippen LogP contribution in [0.3, 0.4) is 0 Å². The summed E-state index contributed by atoms with van der Waals surface area (Å²) in [5.74, 6) is 0.453. The van der Waals surface area contributed by atoms with Crippen molar-refractivity contribution in [2.45, 2.75) is 49.9 Å². The van der Waals surface area contributed by atoms with Crippen LogP contribution < -0.4 is 4.90 Å². The van der Waals surface area contributed by atoms with Gasteiger partial charge in [0, 0.05) is 28.4 Å². The topological polar surface area (TPSA) is 3.24 Å². The van der Waals surface area contributed by atoms with Gasteiger partial charge in [0.2, 0.25) is 0 Å². The van der Waals surface area contributed by atoms with Gasteiger partial charge in [-0.3, -0.25) is 0 Å². The van der Waals surface area contributed by atoms with Crippen LogP contribution >= 0.6 is 0 Å². The van der Waals surface area contributed by atoms with Crippen LogP contribution in [0.5, 0.6) is 0 Å². The Morgan fingerprint density at radius 2 is 1.00 bits per heavy atom. The second-order valence-corrected chi connectivity index (χ2v) is 20.6. The zero-order valence-electron chi connectivity index (χ0n) is 40.2. The van der Waals surface area contributed by atoms with Gasteiger partial charge in [0.15, 0.2) is 0 Å². The first-order valence-corrected chi connectivity index (χ1v) is 25.5. The van der Waals surface area contributed by atoms with Gasteiger partial charge in [-0.15, -0.1) is 0 Å². The highest BCUT2D eigenvalue weighted by atomic mass is 15.1. The molecule has 5 aliphatic carbocycles. The molecule has 0 saturated carbocycles. The zero-order chi connectivity index (χ0) is 47.3. The molecular formula is C70H53N. The normalized spacial score (nSPS) is 17.1. The Hall–Kier alpha value is -8.26. The second kappa shape index (κ2) is 16.2. The minimum Gasteiger partial charge on any atom is -0.314 e. The van der Waals surface area contributed by atoms with Crippen molar-refractivity contribution in [1.82, 2.24) is 0 Å². The van der Waals surface area contributed by atoms with Crippen molar-refractivity contribution < 1.29 is 0 Å². The third-order valence-electron chi connectivity index (χ3n) is 16.7. The largest absolute Gasteiger partial charge is 0.314 e. The molecule has 0 saturated heterocycles. The number of benzene rings is 9. The number of fused-ring (bicyclic) bond motifs is 13. The lowest BCUT2D eigenvalue weighted by atomic mass is 9.70. The summed E-state index contributed by atoms with van der Waals surface area (Å²) in [4.78, 5) is 2.55. The molecule has 0 heterocycles. The first-order valence-electron chi connectivity index (χ1n) is 25.5. The Morgan fingerprint density at radius 1 is 0.423 bits per heavy atom. The van der Waals surface area contributed by atoms with Gasteiger partial charge >= 0.3 is 0 Å². The van der Waals surface area contributed by atoms with Gasteiger partial charge in [-0.25, -0.2) is 0 Å². The van der Waals surface area contributed by atoms with Gasteiger partial charge in [0.1, 0.15) is 0 Å². The number of hydrogen-bond donors (Lipinski definition) is 0. The van der Waals surface area contributed by atoms with Crippen molar-refractivity contribution in [2.24, 2.45) is 0 Å². The highest BCUT2D eigenvalue weighted by molar-refractivity contribution is 6.01. The first kappa shape index (κ1) is 41.7. The van der Waals surface area contributed by atoms with Crippen LogP contribution in [0.1, 0.15) is 83.5 Å². The van der Waals surface area contributed by atoms with Crippen molar-refractivity contribution in [3.8, 4) is 44.5 Å². The van der Waals surface area contributed by atoms with Crippen LogP contribution in [0.2, 0.25) is 0 Å². The third kappa shape index (κ3) is 6.32. The Balaban J connectivity index is 0.919. The van der Waals surface area contributed by atoms with Crippen molar-refractivity contribution in [2.75, 3.05) is 4.90 Å². The van der Waals surface area contributed by atoms with Gasteiger partial charge < -0.3 is 4.90 Å². The number of allylic oxidation sites excluding steroid dienone is 8. The molecule has 0 N–H and O–H groups in total. The molecule has 9 aromatic rings. The molecule has 0 aromatic heterocycles. The van der Waals surface area contributed by atoms with Crippen molar-refractivity contribution in [3.63, 3.8) is 0 Å². The highest BCUT2D eigenvalue weighted by Gasteiger charge is 2.52. The molecule has 0 fully saturated rings. The number of nitrogens with zero attached hydrogens (tertiary/aromatic N) is 1. The van der Waals surface area contributed by atoms with Gasteiger partial charge in [0.05, 0.1) is 5.41 Å². The van der Waals surface area contributed by atoms with Crippen molar-refractivity contribution in [3.05, 3.63) is 298 Å². The van der Waals surface area contributed by atoms with E-state index in [1.54, 1.807) is 0 Å². The average molecular weight is 908 g/mol. The maximum atomic E-state index is 2.55. The van der Waals surface area contributed by atoms with Crippen LogP contribution in [0.4, 0.5) is 11.4 Å². The lowest BCUT2D eigenvalue weighted by molar-refractivity contribution is 0.613. The standard InChI is InChI=1S/C70H53N/c1-69(2)62-24-12-9-20-57(62)60-42-36-52(44-66(60)69)50-34-39-54(40-35-50)71(53-37-32-49(33-38-53)48-30-28-47(29-31-48)46-16-5-3-6-17-46)55-41-43-61-67(45-55)70(63-25-13-10-21-58(63)59-22-11-14-26-64(59)70)65-27-15-23-56(68(61)65)51-18-7-4-8-19-51/h3-32,34-37,39-41,43-45,60H,33,38,42H2,1-2H3. The summed E-state index contributed by atoms with van der Waals surface area (Å²) in [5.41, 5.74) is 28.6. The minimum atomic E-state index is -0.486. The summed E-state index contributed by atoms with van der Waals surface area (Å²) in [6.07, 6.45) is 12.6. The molecule has 1 nitrogen and oxygen atoms in total. The highest BCUT2D eigenvalue weighted by Crippen LogP contribution is 2.65. The summed E-state index contributed by atoms with van der Waals surface area (Å²) < 4.78 is 0. The van der Waals surface area contributed by atoms with E-state index in [-0.39, 0.29) is 5.41 Å². The summed E-state index contributed by atoms with van der Waals surface area (Å²) in [5, 5.41) is 0. The fourth-order valence-corrected chi connectivity index (χ4v) is 13.4. The van der Waals surface area contributed by atoms with Gasteiger partial charge in [-0.1, -0.05) is 232 Å². The zero-order valence-corrected chi connectivity index (χ0v) is 40.2. The molecule has 0 radical (unpaired) electrons. The summed E-state index contributed by atoms with van der Waals surface area (Å²) >= 11 is 0. The second-order valence-electron chi connectivity index (χ2n) is 20.6. The smallest absolute Gasteiger partial charge is 0.0726 e. The van der Waals surface area contributed by atoms with E-state index in [4.69, 9.17) is 0 Å². The lowest BCUT2D eigenvalue weighted by Crippen LogP contribution is -2.26. The monoisotopic (exact) mass is 907 g/mol. The maximum Gasteiger partial charge on any atom is 0.0726 e. The van der Waals surface area contributed by atoms with Crippen LogP contribution in [0.25, 0.3) is 55.7 Å². The predicted octanol–water partition coefficient (Wildman–Crippen LogP) is 18.1. The van der Waals surface area contributed by atoms with Crippen LogP contribution in [0.15, 0.2) is 254 Å². The summed E-state index contributed by atoms with van der Waals surface area (Å²) in [6, 6.07) is 82.0. The molecule has 0 bridgehead atoms. The Morgan fingerprint density at radius 3 is 1.70 bits per heavy atom. The maximum absolute atomic E-state index is 2.55. The molecule has 1 heteroatoms. The molecule has 5 aliphatic rings. The van der Waals surface area contributed by atoms with E-state index < -0.39 is 5.41 Å². The van der Waals surface area contributed by atoms with Gasteiger partial charge in [-0.2, -0.15) is 0 Å². The summed E-state index contributed by atoms with van der Waals surface area (Å²) in [6.45, 7) is 4.81. The van der Waals surface area contributed by atoms with E-state index in [9.17, 15) is 0 Å². The fourth-order valence-electron chi connectivity index (χ4n) is 13.4. The van der Waals surface area contributed by atoms with Crippen LogP contribution in [-0.4, -0.2) is 0 Å². The molecule has 14 rings (SSSR count). The van der Waals surface area contributed by atoms with Crippen molar-refractivity contribution in [1.29, 1.82) is 0 Å². The molecule has 1 atom stereocenters. The Bertz CT molecular complexity index is 3680. The van der Waals surface area contributed by atoms with Gasteiger partial charge in [0.25, 0.3) is 0 Å². The lowest BCUT2D eigenvalue weighted by Gasteiger charge is -2.33. The molecule has 338 valence electrons. The molecule has 71 heavy (non-hydrogen) atoms. The molecular weight excluding hydrogens is 855 g/mol. The number of rotatable bonds is 7. The van der Waals surface area contributed by atoms with E-state index in [1.165, 1.54) is 123 Å². The number of hydrogen-bond acceptors (Lipinski definition) is 1. The molecule has 0 amide bonds. The van der Waals surface area contributed by atoms with Crippen LogP contribution in [-0.2, 0) is 10.8 Å². The van der Waals surface area contributed by atoms with E-state index in [1.807, 2.05) is 0 Å². The van der Waals surface area contributed by atoms with Gasteiger partial charge in [-0.05, 0) is 150 Å². The Labute approximate surface area is 418 Å². The minimum absolute atomic E-state index is 0.00800. The van der Waals surface area contributed by atoms with E-state index in [0.717, 1.165) is 19.3 Å². The molecule has 9 aromatic carbocycles. The van der Waals surface area contributed by atoms with Crippen LogP contribution in [0, 0.1) is 0 Å². The quantitative estimate of drug-likeness (QED) is 0.154. The van der Waals surface area contributed by atoms with E-state index in [2.05, 4.69) is 261 Å². The average Bonchev–Trinajstić information content (AvgIpc) is 4.00. The molecule has 1 unspecified atom stereocenters.